The minimum Gasteiger partial charge on any atom is -0.485 e. The Kier molecular flexibility index (Phi) is 5.99. The van der Waals surface area contributed by atoms with Gasteiger partial charge in [-0.25, -0.2) is 0 Å². The molecule has 1 heterocycles. The molecule has 1 aliphatic heterocycles. The van der Waals surface area contributed by atoms with Gasteiger partial charge in [0.25, 0.3) is 0 Å². The number of anilines is 1. The van der Waals surface area contributed by atoms with Gasteiger partial charge < -0.3 is 19.5 Å². The van der Waals surface area contributed by atoms with Gasteiger partial charge in [0.2, 0.25) is 0 Å². The zero-order chi connectivity index (χ0) is 19.6. The molecule has 3 rings (SSSR count). The Hall–Kier alpha value is -1.75. The van der Waals surface area contributed by atoms with Gasteiger partial charge in [-0.3, -0.25) is 0 Å². The zero-order valence-corrected chi connectivity index (χ0v) is 17.3. The Morgan fingerprint density at radius 3 is 2.59 bits per heavy atom. The highest BCUT2D eigenvalue weighted by atomic mass is 35.5. The van der Waals surface area contributed by atoms with Crippen LogP contribution in [0.15, 0.2) is 42.5 Å². The second kappa shape index (κ2) is 8.09. The van der Waals surface area contributed by atoms with E-state index in [1.807, 2.05) is 71.1 Å². The Morgan fingerprint density at radius 2 is 1.93 bits per heavy atom. The number of rotatable bonds is 6. The van der Waals surface area contributed by atoms with Crippen LogP contribution >= 0.6 is 11.6 Å². The lowest BCUT2D eigenvalue weighted by molar-refractivity contribution is -0.177. The smallest absolute Gasteiger partial charge is 0.132 e. The maximum absolute atomic E-state index is 6.35. The monoisotopic (exact) mass is 389 g/mol. The Balaban J connectivity index is 1.94. The second-order valence-electron chi connectivity index (χ2n) is 7.64. The second-order valence-corrected chi connectivity index (χ2v) is 8.04. The fourth-order valence-electron chi connectivity index (χ4n) is 3.41. The van der Waals surface area contributed by atoms with Crippen LogP contribution in [0.25, 0.3) is 0 Å². The van der Waals surface area contributed by atoms with E-state index in [-0.39, 0.29) is 18.3 Å². The summed E-state index contributed by atoms with van der Waals surface area (Å²) in [5.41, 5.74) is 2.42. The lowest BCUT2D eigenvalue weighted by Crippen LogP contribution is -2.51. The van der Waals surface area contributed by atoms with Crippen LogP contribution in [-0.2, 0) is 16.1 Å². The van der Waals surface area contributed by atoms with E-state index in [0.29, 0.717) is 11.6 Å². The van der Waals surface area contributed by atoms with Gasteiger partial charge in [0.1, 0.15) is 23.6 Å². The van der Waals surface area contributed by atoms with E-state index >= 15 is 0 Å². The number of nitrogens with one attached hydrogen (secondary N) is 1. The fraction of sp³-hybridized carbons (Fsp3) is 0.455. The third kappa shape index (κ3) is 4.40. The topological polar surface area (TPSA) is 39.7 Å². The molecule has 2 atom stereocenters. The third-order valence-electron chi connectivity index (χ3n) is 4.73. The Bertz CT molecular complexity index is 791. The van der Waals surface area contributed by atoms with Crippen LogP contribution in [0.4, 0.5) is 5.69 Å². The standard InChI is InChI=1S/C22H28ClNO3/c1-14(2)26-20-17-12-16(24-5)10-11-19(17)27-22(3,4)21(20)25-13-15-8-6-7-9-18(15)23/h6-12,14,20-21,24H,13H2,1-5H3. The van der Waals surface area contributed by atoms with Crippen molar-refractivity contribution in [2.45, 2.75) is 58.2 Å². The average Bonchev–Trinajstić information content (AvgIpc) is 2.61. The summed E-state index contributed by atoms with van der Waals surface area (Å²) in [6, 6.07) is 13.8. The molecule has 2 aromatic rings. The normalized spacial score (nSPS) is 20.9. The van der Waals surface area contributed by atoms with Crippen LogP contribution in [0.1, 0.15) is 44.9 Å². The molecule has 2 aromatic carbocycles. The van der Waals surface area contributed by atoms with Gasteiger partial charge in [-0.2, -0.15) is 0 Å². The number of benzene rings is 2. The van der Waals surface area contributed by atoms with E-state index in [9.17, 15) is 0 Å². The molecule has 0 aliphatic carbocycles. The number of ether oxygens (including phenoxy) is 3. The molecule has 27 heavy (non-hydrogen) atoms. The van der Waals surface area contributed by atoms with E-state index in [0.717, 1.165) is 22.6 Å². The van der Waals surface area contributed by atoms with Crippen molar-refractivity contribution in [2.75, 3.05) is 12.4 Å². The van der Waals surface area contributed by atoms with Crippen LogP contribution in [0.3, 0.4) is 0 Å². The largest absolute Gasteiger partial charge is 0.485 e. The van der Waals surface area contributed by atoms with Crippen LogP contribution in [0, 0.1) is 0 Å². The van der Waals surface area contributed by atoms with Crippen LogP contribution in [0.5, 0.6) is 5.75 Å². The minimum absolute atomic E-state index is 0.0569. The predicted molar refractivity (Wildman–Crippen MR) is 110 cm³/mol. The number of hydrogen-bond acceptors (Lipinski definition) is 4. The minimum atomic E-state index is -0.547. The highest BCUT2D eigenvalue weighted by Crippen LogP contribution is 2.45. The van der Waals surface area contributed by atoms with Crippen molar-refractivity contribution >= 4 is 17.3 Å². The van der Waals surface area contributed by atoms with E-state index in [1.165, 1.54) is 0 Å². The van der Waals surface area contributed by atoms with Gasteiger partial charge in [0.15, 0.2) is 0 Å². The molecule has 4 nitrogen and oxygen atoms in total. The zero-order valence-electron chi connectivity index (χ0n) is 16.6. The summed E-state index contributed by atoms with van der Waals surface area (Å²) >= 11 is 6.30. The molecule has 0 radical (unpaired) electrons. The summed E-state index contributed by atoms with van der Waals surface area (Å²) in [6.45, 7) is 8.55. The summed E-state index contributed by atoms with van der Waals surface area (Å²) in [5.74, 6) is 0.835. The fourth-order valence-corrected chi connectivity index (χ4v) is 3.60. The molecule has 0 saturated carbocycles. The first-order chi connectivity index (χ1) is 12.8. The van der Waals surface area contributed by atoms with Crippen molar-refractivity contribution in [2.24, 2.45) is 0 Å². The van der Waals surface area contributed by atoms with Gasteiger partial charge in [0, 0.05) is 23.3 Å². The third-order valence-corrected chi connectivity index (χ3v) is 5.10. The van der Waals surface area contributed by atoms with Crippen molar-refractivity contribution in [3.63, 3.8) is 0 Å². The summed E-state index contributed by atoms with van der Waals surface area (Å²) in [7, 11) is 1.90. The van der Waals surface area contributed by atoms with Gasteiger partial charge in [-0.1, -0.05) is 29.8 Å². The maximum Gasteiger partial charge on any atom is 0.132 e. The van der Waals surface area contributed by atoms with E-state index in [2.05, 4.69) is 11.4 Å². The number of hydrogen-bond donors (Lipinski definition) is 1. The number of fused-ring (bicyclic) bond motifs is 1. The quantitative estimate of drug-likeness (QED) is 0.697. The van der Waals surface area contributed by atoms with Gasteiger partial charge in [-0.05, 0) is 57.5 Å². The summed E-state index contributed by atoms with van der Waals surface area (Å²) in [4.78, 5) is 0. The van der Waals surface area contributed by atoms with Crippen molar-refractivity contribution in [1.29, 1.82) is 0 Å². The molecule has 0 aromatic heterocycles. The lowest BCUT2D eigenvalue weighted by atomic mass is 9.87. The average molecular weight is 390 g/mol. The molecule has 0 amide bonds. The van der Waals surface area contributed by atoms with E-state index < -0.39 is 5.60 Å². The molecule has 1 N–H and O–H groups in total. The van der Waals surface area contributed by atoms with Gasteiger partial charge in [-0.15, -0.1) is 0 Å². The van der Waals surface area contributed by atoms with Crippen molar-refractivity contribution in [1.82, 2.24) is 0 Å². The molecule has 0 fully saturated rings. The van der Waals surface area contributed by atoms with E-state index in [4.69, 9.17) is 25.8 Å². The SMILES string of the molecule is CNc1ccc2c(c1)C(OC(C)C)C(OCc1ccccc1Cl)C(C)(C)O2. The number of halogens is 1. The molecule has 5 heteroatoms. The summed E-state index contributed by atoms with van der Waals surface area (Å²) < 4.78 is 19.0. The molecule has 1 aliphatic rings. The maximum atomic E-state index is 6.35. The van der Waals surface area contributed by atoms with Crippen molar-refractivity contribution in [3.05, 3.63) is 58.6 Å². The summed E-state index contributed by atoms with van der Waals surface area (Å²) in [6.07, 6.45) is -0.461. The van der Waals surface area contributed by atoms with Gasteiger partial charge >= 0.3 is 0 Å². The molecular formula is C22H28ClNO3. The Morgan fingerprint density at radius 1 is 1.19 bits per heavy atom. The van der Waals surface area contributed by atoms with Crippen molar-refractivity contribution in [3.8, 4) is 5.75 Å². The first-order valence-corrected chi connectivity index (χ1v) is 9.71. The van der Waals surface area contributed by atoms with E-state index in [1.54, 1.807) is 0 Å². The van der Waals surface area contributed by atoms with Gasteiger partial charge in [0.05, 0.1) is 12.7 Å². The molecular weight excluding hydrogens is 362 g/mol. The summed E-state index contributed by atoms with van der Waals surface area (Å²) in [5, 5.41) is 3.88. The molecule has 2 unspecified atom stereocenters. The first-order valence-electron chi connectivity index (χ1n) is 9.33. The Labute approximate surface area is 166 Å². The first kappa shape index (κ1) is 20.0. The molecule has 0 saturated heterocycles. The van der Waals surface area contributed by atoms with Crippen LogP contribution < -0.4 is 10.1 Å². The molecule has 146 valence electrons. The van der Waals surface area contributed by atoms with Crippen LogP contribution in [-0.4, -0.2) is 24.9 Å². The molecule has 0 bridgehead atoms. The highest BCUT2D eigenvalue weighted by molar-refractivity contribution is 6.31. The molecule has 0 spiro atoms. The highest BCUT2D eigenvalue weighted by Gasteiger charge is 2.46. The lowest BCUT2D eigenvalue weighted by Gasteiger charge is -2.45. The predicted octanol–water partition coefficient (Wildman–Crippen LogP) is 5.60. The van der Waals surface area contributed by atoms with Crippen molar-refractivity contribution < 1.29 is 14.2 Å². The van der Waals surface area contributed by atoms with Crippen LogP contribution in [0.2, 0.25) is 5.02 Å².